The lowest BCUT2D eigenvalue weighted by molar-refractivity contribution is 0.0599. The first-order valence-corrected chi connectivity index (χ1v) is 7.83. The van der Waals surface area contributed by atoms with Gasteiger partial charge in [-0.05, 0) is 58.8 Å². The minimum Gasteiger partial charge on any atom is -0.311 e. The standard InChI is InChI=1S/C15H29N3/c1-17(2)15(7-3-4-8-15)12-16-14-11-18-9-5-13(14)6-10-18/h13-14,16H,3-12H2,1-2H3. The molecule has 3 heterocycles. The largest absolute Gasteiger partial charge is 0.311 e. The third kappa shape index (κ3) is 2.33. The van der Waals surface area contributed by atoms with Crippen LogP contribution in [0.1, 0.15) is 38.5 Å². The molecule has 0 radical (unpaired) electrons. The zero-order valence-electron chi connectivity index (χ0n) is 12.1. The van der Waals surface area contributed by atoms with Crippen LogP contribution in [0.25, 0.3) is 0 Å². The maximum absolute atomic E-state index is 3.93. The van der Waals surface area contributed by atoms with E-state index < -0.39 is 0 Å². The van der Waals surface area contributed by atoms with Gasteiger partial charge in [0.1, 0.15) is 0 Å². The summed E-state index contributed by atoms with van der Waals surface area (Å²) in [4.78, 5) is 5.13. The molecule has 1 atom stereocenters. The molecule has 0 amide bonds. The molecule has 1 aliphatic carbocycles. The minimum atomic E-state index is 0.450. The highest BCUT2D eigenvalue weighted by Gasteiger charge is 2.39. The first-order chi connectivity index (χ1) is 8.70. The molecule has 3 saturated heterocycles. The number of likely N-dealkylation sites (N-methyl/N-ethyl adjacent to an activating group) is 1. The molecule has 4 rings (SSSR count). The minimum absolute atomic E-state index is 0.450. The fourth-order valence-corrected chi connectivity index (χ4v) is 4.33. The smallest absolute Gasteiger partial charge is 0.0328 e. The number of rotatable bonds is 4. The molecule has 3 aliphatic heterocycles. The molecular formula is C15H29N3. The molecule has 0 aromatic carbocycles. The first kappa shape index (κ1) is 12.9. The van der Waals surface area contributed by atoms with Gasteiger partial charge in [0.05, 0.1) is 0 Å². The summed E-state index contributed by atoms with van der Waals surface area (Å²) in [6.07, 6.45) is 8.45. The summed E-state index contributed by atoms with van der Waals surface area (Å²) in [5.74, 6) is 0.954. The van der Waals surface area contributed by atoms with Crippen molar-refractivity contribution >= 4 is 0 Å². The van der Waals surface area contributed by atoms with Crippen molar-refractivity contribution in [1.82, 2.24) is 15.1 Å². The maximum atomic E-state index is 3.93. The first-order valence-electron chi connectivity index (χ1n) is 7.83. The maximum Gasteiger partial charge on any atom is 0.0328 e. The van der Waals surface area contributed by atoms with E-state index >= 15 is 0 Å². The second-order valence-electron chi connectivity index (χ2n) is 6.95. The monoisotopic (exact) mass is 251 g/mol. The average Bonchev–Trinajstić information content (AvgIpc) is 2.88. The summed E-state index contributed by atoms with van der Waals surface area (Å²) in [6, 6.07) is 0.768. The Balaban J connectivity index is 1.57. The molecule has 104 valence electrons. The van der Waals surface area contributed by atoms with Crippen molar-refractivity contribution in [2.24, 2.45) is 5.92 Å². The van der Waals surface area contributed by atoms with Crippen molar-refractivity contribution in [3.8, 4) is 0 Å². The van der Waals surface area contributed by atoms with Gasteiger partial charge in [-0.25, -0.2) is 0 Å². The van der Waals surface area contributed by atoms with Crippen molar-refractivity contribution in [1.29, 1.82) is 0 Å². The Kier molecular flexibility index (Phi) is 3.65. The fourth-order valence-electron chi connectivity index (χ4n) is 4.33. The number of hydrogen-bond acceptors (Lipinski definition) is 3. The molecule has 0 aromatic heterocycles. The normalized spacial score (nSPS) is 38.5. The molecule has 3 nitrogen and oxygen atoms in total. The molecular weight excluding hydrogens is 222 g/mol. The summed E-state index contributed by atoms with van der Waals surface area (Å²) in [5, 5.41) is 3.93. The SMILES string of the molecule is CN(C)C1(CNC2CN3CCC2CC3)CCCC1. The van der Waals surface area contributed by atoms with Crippen LogP contribution in [-0.2, 0) is 0 Å². The highest BCUT2D eigenvalue weighted by atomic mass is 15.2. The van der Waals surface area contributed by atoms with E-state index in [0.29, 0.717) is 5.54 Å². The van der Waals surface area contributed by atoms with Gasteiger partial charge in [0.2, 0.25) is 0 Å². The average molecular weight is 251 g/mol. The van der Waals surface area contributed by atoms with Gasteiger partial charge in [0.25, 0.3) is 0 Å². The lowest BCUT2D eigenvalue weighted by Gasteiger charge is -2.47. The quantitative estimate of drug-likeness (QED) is 0.818. The molecule has 0 spiro atoms. The third-order valence-corrected chi connectivity index (χ3v) is 5.83. The number of nitrogens with zero attached hydrogens (tertiary/aromatic N) is 2. The van der Waals surface area contributed by atoms with Gasteiger partial charge in [-0.2, -0.15) is 0 Å². The van der Waals surface area contributed by atoms with E-state index in [0.717, 1.165) is 12.0 Å². The molecule has 18 heavy (non-hydrogen) atoms. The second kappa shape index (κ2) is 5.10. The van der Waals surface area contributed by atoms with E-state index in [9.17, 15) is 0 Å². The van der Waals surface area contributed by atoms with Gasteiger partial charge in [-0.1, -0.05) is 12.8 Å². The summed E-state index contributed by atoms with van der Waals surface area (Å²) in [7, 11) is 4.53. The fraction of sp³-hybridized carbons (Fsp3) is 1.00. The van der Waals surface area contributed by atoms with Crippen LogP contribution in [0.2, 0.25) is 0 Å². The highest BCUT2D eigenvalue weighted by Crippen LogP contribution is 2.34. The van der Waals surface area contributed by atoms with Crippen LogP contribution in [0, 0.1) is 5.92 Å². The van der Waals surface area contributed by atoms with Crippen LogP contribution < -0.4 is 5.32 Å². The number of nitrogens with one attached hydrogen (secondary N) is 1. The molecule has 1 N–H and O–H groups in total. The van der Waals surface area contributed by atoms with Crippen LogP contribution in [0.5, 0.6) is 0 Å². The van der Waals surface area contributed by atoms with Crippen molar-refractivity contribution in [2.45, 2.75) is 50.1 Å². The third-order valence-electron chi connectivity index (χ3n) is 5.83. The van der Waals surface area contributed by atoms with Crippen LogP contribution in [0.4, 0.5) is 0 Å². The Morgan fingerprint density at radius 3 is 2.33 bits per heavy atom. The summed E-state index contributed by atoms with van der Waals surface area (Å²) < 4.78 is 0. The summed E-state index contributed by atoms with van der Waals surface area (Å²) in [6.45, 7) is 5.20. The van der Waals surface area contributed by atoms with Crippen LogP contribution in [-0.4, -0.2) is 61.7 Å². The number of hydrogen-bond donors (Lipinski definition) is 1. The predicted octanol–water partition coefficient (Wildman–Crippen LogP) is 1.54. The van der Waals surface area contributed by atoms with Gasteiger partial charge in [0.15, 0.2) is 0 Å². The molecule has 3 heteroatoms. The molecule has 4 fully saturated rings. The zero-order chi connectivity index (χ0) is 12.6. The molecule has 4 aliphatic rings. The van der Waals surface area contributed by atoms with Crippen LogP contribution in [0.3, 0.4) is 0 Å². The Hall–Kier alpha value is -0.120. The van der Waals surface area contributed by atoms with E-state index in [-0.39, 0.29) is 0 Å². The van der Waals surface area contributed by atoms with Gasteiger partial charge in [-0.15, -0.1) is 0 Å². The lowest BCUT2D eigenvalue weighted by atomic mass is 9.83. The van der Waals surface area contributed by atoms with E-state index in [4.69, 9.17) is 0 Å². The Morgan fingerprint density at radius 1 is 1.17 bits per heavy atom. The van der Waals surface area contributed by atoms with Crippen molar-refractivity contribution in [2.75, 3.05) is 40.3 Å². The molecule has 1 saturated carbocycles. The number of fused-ring (bicyclic) bond motifs is 3. The Labute approximate surface area is 112 Å². The van der Waals surface area contributed by atoms with Crippen molar-refractivity contribution < 1.29 is 0 Å². The van der Waals surface area contributed by atoms with Crippen molar-refractivity contribution in [3.63, 3.8) is 0 Å². The number of piperidine rings is 3. The van der Waals surface area contributed by atoms with E-state index in [1.165, 1.54) is 64.7 Å². The van der Waals surface area contributed by atoms with Gasteiger partial charge < -0.3 is 15.1 Å². The van der Waals surface area contributed by atoms with Gasteiger partial charge in [-0.3, -0.25) is 0 Å². The summed E-state index contributed by atoms with van der Waals surface area (Å²) >= 11 is 0. The zero-order valence-corrected chi connectivity index (χ0v) is 12.1. The molecule has 0 aromatic rings. The Bertz CT molecular complexity index is 275. The highest BCUT2D eigenvalue weighted by molar-refractivity contribution is 4.98. The predicted molar refractivity (Wildman–Crippen MR) is 75.8 cm³/mol. The van der Waals surface area contributed by atoms with Crippen LogP contribution in [0.15, 0.2) is 0 Å². The van der Waals surface area contributed by atoms with E-state index in [1.54, 1.807) is 0 Å². The van der Waals surface area contributed by atoms with E-state index in [1.807, 2.05) is 0 Å². The van der Waals surface area contributed by atoms with Crippen LogP contribution >= 0.6 is 0 Å². The topological polar surface area (TPSA) is 18.5 Å². The second-order valence-corrected chi connectivity index (χ2v) is 6.95. The van der Waals surface area contributed by atoms with E-state index in [2.05, 4.69) is 29.2 Å². The lowest BCUT2D eigenvalue weighted by Crippen LogP contribution is -2.60. The molecule has 1 unspecified atom stereocenters. The molecule has 2 bridgehead atoms. The Morgan fingerprint density at radius 2 is 1.83 bits per heavy atom. The van der Waals surface area contributed by atoms with Gasteiger partial charge >= 0.3 is 0 Å². The summed E-state index contributed by atoms with van der Waals surface area (Å²) in [5.41, 5.74) is 0.450. The van der Waals surface area contributed by atoms with Gasteiger partial charge in [0, 0.05) is 24.7 Å². The van der Waals surface area contributed by atoms with Crippen molar-refractivity contribution in [3.05, 3.63) is 0 Å².